The predicted octanol–water partition coefficient (Wildman–Crippen LogP) is 2.60. The third kappa shape index (κ3) is 12.0. The molecule has 45 heavy (non-hydrogen) atoms. The predicted molar refractivity (Wildman–Crippen MR) is 165 cm³/mol. The van der Waals surface area contributed by atoms with E-state index in [9.17, 15) is 19.2 Å². The van der Waals surface area contributed by atoms with Crippen LogP contribution in [0.4, 0.5) is 5.69 Å². The lowest BCUT2D eigenvalue weighted by Crippen LogP contribution is -2.30. The first-order valence-electron chi connectivity index (χ1n) is 15.9. The molecule has 1 N–H and O–H groups in total. The van der Waals surface area contributed by atoms with Crippen molar-refractivity contribution in [2.24, 2.45) is 17.8 Å². The number of fused-ring (bicyclic) bond motifs is 1. The minimum atomic E-state index is -0.378. The Balaban J connectivity index is 0.869. The first kappa shape index (κ1) is 34.3. The van der Waals surface area contributed by atoms with Crippen LogP contribution in [0.1, 0.15) is 44.1 Å². The fourth-order valence-electron chi connectivity index (χ4n) is 5.55. The fourth-order valence-corrected chi connectivity index (χ4v) is 5.55. The van der Waals surface area contributed by atoms with Gasteiger partial charge in [-0.05, 0) is 54.7 Å². The van der Waals surface area contributed by atoms with E-state index in [1.54, 1.807) is 24.3 Å². The van der Waals surface area contributed by atoms with E-state index in [0.29, 0.717) is 102 Å². The molecule has 0 radical (unpaired) electrons. The average molecular weight is 625 g/mol. The van der Waals surface area contributed by atoms with Crippen LogP contribution >= 0.6 is 0 Å². The second-order valence-corrected chi connectivity index (χ2v) is 11.2. The first-order chi connectivity index (χ1) is 22.0. The topological polar surface area (TPSA) is 130 Å². The number of nitrogens with zero attached hydrogens (tertiary/aromatic N) is 1. The van der Waals surface area contributed by atoms with Crippen molar-refractivity contribution in [2.45, 2.75) is 44.9 Å². The lowest BCUT2D eigenvalue weighted by Gasteiger charge is -2.14. The average Bonchev–Trinajstić information content (AvgIpc) is 3.55. The Morgan fingerprint density at radius 2 is 1.33 bits per heavy atom. The van der Waals surface area contributed by atoms with Crippen LogP contribution < -0.4 is 10.2 Å². The number of carbonyl (C=O) groups is 4. The monoisotopic (exact) mass is 624 g/mol. The van der Waals surface area contributed by atoms with E-state index in [-0.39, 0.29) is 30.1 Å². The van der Waals surface area contributed by atoms with Gasteiger partial charge in [0.05, 0.1) is 65.0 Å². The number of benzene rings is 1. The van der Waals surface area contributed by atoms with E-state index in [1.807, 2.05) is 0 Å². The van der Waals surface area contributed by atoms with Crippen LogP contribution in [0.15, 0.2) is 36.4 Å². The molecule has 1 saturated carbocycles. The van der Waals surface area contributed by atoms with Crippen molar-refractivity contribution < 1.29 is 42.9 Å². The second-order valence-electron chi connectivity index (χ2n) is 11.2. The Morgan fingerprint density at radius 3 is 1.93 bits per heavy atom. The number of hydrogen-bond acceptors (Lipinski definition) is 9. The molecule has 0 spiro atoms. The maximum absolute atomic E-state index is 12.2. The van der Waals surface area contributed by atoms with Crippen LogP contribution in [0.25, 0.3) is 0 Å². The van der Waals surface area contributed by atoms with Gasteiger partial charge in [-0.2, -0.15) is 0 Å². The molecule has 3 atom stereocenters. The molecule has 0 saturated heterocycles. The third-order valence-corrected chi connectivity index (χ3v) is 8.00. The molecule has 1 aliphatic heterocycles. The van der Waals surface area contributed by atoms with Crippen LogP contribution in [-0.4, -0.2) is 89.7 Å². The SMILES string of the molecule is O=C(Cc1ccc(N2C(=O)C=CC2=O)cc1)NCCOCCOCCOCCOCCCC(=O)OCC1[C@H]2CCC#CCC[C@@H]12. The summed E-state index contributed by atoms with van der Waals surface area (Å²) in [6.45, 7) is 4.41. The Morgan fingerprint density at radius 1 is 0.778 bits per heavy atom. The number of hydrogen-bond donors (Lipinski definition) is 1. The van der Waals surface area contributed by atoms with E-state index >= 15 is 0 Å². The fraction of sp³-hybridized carbons (Fsp3) is 0.588. The van der Waals surface area contributed by atoms with Gasteiger partial charge in [0.15, 0.2) is 0 Å². The van der Waals surface area contributed by atoms with Gasteiger partial charge in [0.1, 0.15) is 0 Å². The van der Waals surface area contributed by atoms with E-state index < -0.39 is 0 Å². The van der Waals surface area contributed by atoms with E-state index in [2.05, 4.69) is 17.2 Å². The van der Waals surface area contributed by atoms with Gasteiger partial charge in [0.2, 0.25) is 5.91 Å². The maximum atomic E-state index is 12.2. The summed E-state index contributed by atoms with van der Waals surface area (Å²) in [5.74, 6) is 7.25. The summed E-state index contributed by atoms with van der Waals surface area (Å²) in [6, 6.07) is 6.74. The molecule has 1 fully saturated rings. The summed E-state index contributed by atoms with van der Waals surface area (Å²) in [5.41, 5.74) is 1.24. The Hall–Kier alpha value is -3.56. The summed E-state index contributed by atoms with van der Waals surface area (Å²) in [6.07, 6.45) is 7.85. The van der Waals surface area contributed by atoms with Gasteiger partial charge in [0, 0.05) is 44.6 Å². The second kappa shape index (κ2) is 19.1. The quantitative estimate of drug-likeness (QED) is 0.0950. The van der Waals surface area contributed by atoms with Crippen molar-refractivity contribution >= 4 is 29.4 Å². The van der Waals surface area contributed by atoms with Crippen LogP contribution in [0, 0.1) is 29.6 Å². The lowest BCUT2D eigenvalue weighted by molar-refractivity contribution is -0.144. The van der Waals surface area contributed by atoms with Crippen LogP contribution in [-0.2, 0) is 49.3 Å². The molecule has 3 amide bonds. The Bertz CT molecular complexity index is 1180. The van der Waals surface area contributed by atoms with Crippen LogP contribution in [0.3, 0.4) is 0 Å². The molecule has 1 heterocycles. The zero-order chi connectivity index (χ0) is 31.7. The molecule has 0 bridgehead atoms. The summed E-state index contributed by atoms with van der Waals surface area (Å²) in [7, 11) is 0. The van der Waals surface area contributed by atoms with Crippen LogP contribution in [0.2, 0.25) is 0 Å². The van der Waals surface area contributed by atoms with Gasteiger partial charge in [-0.3, -0.25) is 19.2 Å². The van der Waals surface area contributed by atoms with Gasteiger partial charge < -0.3 is 29.0 Å². The summed E-state index contributed by atoms with van der Waals surface area (Å²) in [4.78, 5) is 48.8. The smallest absolute Gasteiger partial charge is 0.305 e. The standard InChI is InChI=1S/C34H44N2O9/c37-31(24-26-9-11-27(12-10-26)36-32(38)13-14-33(36)39)35-15-17-42-19-21-44-23-22-43-20-18-41-16-5-8-34(40)45-25-30-28-6-3-1-2-4-7-29(28)30/h9-14,28-30H,3-8,15-25H2,(H,35,37)/t28-,29+,30?. The van der Waals surface area contributed by atoms with Crippen molar-refractivity contribution in [1.82, 2.24) is 5.32 Å². The van der Waals surface area contributed by atoms with Crippen molar-refractivity contribution in [3.63, 3.8) is 0 Å². The summed E-state index contributed by atoms with van der Waals surface area (Å²) < 4.78 is 27.5. The highest BCUT2D eigenvalue weighted by Gasteiger charge is 2.49. The Labute approximate surface area is 264 Å². The molecule has 0 aromatic heterocycles. The molecule has 11 heteroatoms. The number of carbonyl (C=O) groups excluding carboxylic acids is 4. The minimum absolute atomic E-state index is 0.147. The zero-order valence-corrected chi connectivity index (χ0v) is 25.8. The van der Waals surface area contributed by atoms with Gasteiger partial charge in [0.25, 0.3) is 11.8 Å². The number of anilines is 1. The number of imide groups is 1. The van der Waals surface area contributed by atoms with Gasteiger partial charge >= 0.3 is 5.97 Å². The molecule has 1 aromatic carbocycles. The molecular formula is C34H44N2O9. The first-order valence-corrected chi connectivity index (χ1v) is 15.9. The van der Waals surface area contributed by atoms with Crippen molar-refractivity contribution in [3.05, 3.63) is 42.0 Å². The number of rotatable bonds is 21. The van der Waals surface area contributed by atoms with E-state index in [0.717, 1.165) is 36.1 Å². The highest BCUT2D eigenvalue weighted by molar-refractivity contribution is 6.28. The van der Waals surface area contributed by atoms with E-state index in [4.69, 9.17) is 23.7 Å². The van der Waals surface area contributed by atoms with Crippen molar-refractivity contribution in [2.75, 3.05) is 70.9 Å². The highest BCUT2D eigenvalue weighted by atomic mass is 16.6. The maximum Gasteiger partial charge on any atom is 0.305 e. The normalized spacial score (nSPS) is 20.2. The largest absolute Gasteiger partial charge is 0.465 e. The number of ether oxygens (including phenoxy) is 5. The van der Waals surface area contributed by atoms with Gasteiger partial charge in [-0.25, -0.2) is 4.90 Å². The zero-order valence-electron chi connectivity index (χ0n) is 25.8. The summed E-state index contributed by atoms with van der Waals surface area (Å²) in [5, 5.41) is 2.80. The summed E-state index contributed by atoms with van der Waals surface area (Å²) >= 11 is 0. The molecule has 11 nitrogen and oxygen atoms in total. The number of nitrogens with one attached hydrogen (secondary N) is 1. The third-order valence-electron chi connectivity index (χ3n) is 8.00. The molecule has 1 aromatic rings. The van der Waals surface area contributed by atoms with Gasteiger partial charge in [-0.1, -0.05) is 12.1 Å². The molecule has 244 valence electrons. The number of amides is 3. The van der Waals surface area contributed by atoms with Crippen LogP contribution in [0.5, 0.6) is 0 Å². The van der Waals surface area contributed by atoms with Crippen molar-refractivity contribution in [1.29, 1.82) is 0 Å². The molecular weight excluding hydrogens is 580 g/mol. The molecule has 4 rings (SSSR count). The number of esters is 1. The molecule has 2 aliphatic carbocycles. The Kier molecular flexibility index (Phi) is 14.5. The minimum Gasteiger partial charge on any atom is -0.465 e. The molecule has 1 unspecified atom stereocenters. The van der Waals surface area contributed by atoms with Gasteiger partial charge in [-0.15, -0.1) is 11.8 Å². The highest BCUT2D eigenvalue weighted by Crippen LogP contribution is 2.52. The lowest BCUT2D eigenvalue weighted by atomic mass is 10.1. The van der Waals surface area contributed by atoms with Crippen molar-refractivity contribution in [3.8, 4) is 11.8 Å². The van der Waals surface area contributed by atoms with E-state index in [1.165, 1.54) is 12.2 Å². The molecule has 3 aliphatic rings.